The molecule has 4 rings (SSSR count). The molecule has 1 aliphatic heterocycles. The van der Waals surface area contributed by atoms with E-state index < -0.39 is 0 Å². The Morgan fingerprint density at radius 1 is 1.00 bits per heavy atom. The normalized spacial score (nSPS) is 13.0. The van der Waals surface area contributed by atoms with Gasteiger partial charge >= 0.3 is 0 Å². The summed E-state index contributed by atoms with van der Waals surface area (Å²) in [4.78, 5) is 9.42. The average Bonchev–Trinajstić information content (AvgIpc) is 2.98. The number of alkyl halides is 2. The maximum atomic E-state index is 11.9. The Balaban J connectivity index is 0.000000274. The van der Waals surface area contributed by atoms with Crippen molar-refractivity contribution in [2.45, 2.75) is 19.3 Å². The molecule has 0 bridgehead atoms. The van der Waals surface area contributed by atoms with E-state index in [0.717, 1.165) is 78.0 Å². The van der Waals surface area contributed by atoms with Crippen LogP contribution in [0.15, 0.2) is 80.0 Å². The first-order valence-electron chi connectivity index (χ1n) is 13.0. The second-order valence-electron chi connectivity index (χ2n) is 9.16. The highest BCUT2D eigenvalue weighted by molar-refractivity contribution is 6.15. The van der Waals surface area contributed by atoms with Gasteiger partial charge in [-0.2, -0.15) is 0 Å². The molecule has 4 nitrogen and oxygen atoms in total. The predicted molar refractivity (Wildman–Crippen MR) is 165 cm³/mol. The zero-order valence-electron chi connectivity index (χ0n) is 23.1. The smallest absolute Gasteiger partial charge is 0.0894 e. The Labute approximate surface area is 233 Å². The van der Waals surface area contributed by atoms with Gasteiger partial charge in [0.15, 0.2) is 0 Å². The highest BCUT2D eigenvalue weighted by Crippen LogP contribution is 2.23. The van der Waals surface area contributed by atoms with Crippen molar-refractivity contribution in [3.8, 4) is 11.3 Å². The van der Waals surface area contributed by atoms with Crippen LogP contribution in [0.3, 0.4) is 0 Å². The Bertz CT molecular complexity index is 1170. The van der Waals surface area contributed by atoms with Crippen LogP contribution < -0.4 is 5.32 Å². The Morgan fingerprint density at radius 3 is 2.26 bits per heavy atom. The van der Waals surface area contributed by atoms with Crippen LogP contribution in [0.1, 0.15) is 30.4 Å². The van der Waals surface area contributed by atoms with E-state index in [1.165, 1.54) is 12.1 Å². The summed E-state index contributed by atoms with van der Waals surface area (Å²) in [6.45, 7) is 16.0. The number of hydrogen-bond acceptors (Lipinski definition) is 4. The summed E-state index contributed by atoms with van der Waals surface area (Å²) in [6, 6.07) is 18.6. The van der Waals surface area contributed by atoms with Crippen molar-refractivity contribution in [3.63, 3.8) is 0 Å². The largest absolute Gasteiger partial charge is 0.388 e. The minimum atomic E-state index is -0.198. The van der Waals surface area contributed by atoms with Gasteiger partial charge in [0.2, 0.25) is 0 Å². The first kappa shape index (κ1) is 31.1. The maximum Gasteiger partial charge on any atom is 0.0894 e. The van der Waals surface area contributed by atoms with E-state index in [1.54, 1.807) is 0 Å². The van der Waals surface area contributed by atoms with E-state index in [2.05, 4.69) is 108 Å². The number of benzene rings is 2. The lowest BCUT2D eigenvalue weighted by Crippen LogP contribution is -2.43. The van der Waals surface area contributed by atoms with Crippen molar-refractivity contribution < 1.29 is 4.39 Å². The van der Waals surface area contributed by atoms with Gasteiger partial charge < -0.3 is 15.1 Å². The van der Waals surface area contributed by atoms with E-state index >= 15 is 0 Å². The maximum absolute atomic E-state index is 11.9. The van der Waals surface area contributed by atoms with Crippen molar-refractivity contribution in [2.24, 2.45) is 0 Å². The van der Waals surface area contributed by atoms with Gasteiger partial charge in [0.05, 0.1) is 17.9 Å². The molecule has 2 aromatic carbocycles. The summed E-state index contributed by atoms with van der Waals surface area (Å²) < 4.78 is 11.9. The van der Waals surface area contributed by atoms with Crippen molar-refractivity contribution in [1.29, 1.82) is 0 Å². The van der Waals surface area contributed by atoms with E-state index in [0.29, 0.717) is 6.42 Å². The van der Waals surface area contributed by atoms with E-state index in [9.17, 15) is 4.39 Å². The molecular weight excluding hydrogens is 495 g/mol. The van der Waals surface area contributed by atoms with Gasteiger partial charge in [0, 0.05) is 62.0 Å². The van der Waals surface area contributed by atoms with Crippen molar-refractivity contribution >= 4 is 34.3 Å². The van der Waals surface area contributed by atoms with Crippen LogP contribution in [0, 0.1) is 0 Å². The lowest BCUT2D eigenvalue weighted by atomic mass is 10.1. The predicted octanol–water partition coefficient (Wildman–Crippen LogP) is 7.48. The van der Waals surface area contributed by atoms with Gasteiger partial charge in [0.1, 0.15) is 0 Å². The second-order valence-corrected chi connectivity index (χ2v) is 9.16. The molecule has 0 spiro atoms. The van der Waals surface area contributed by atoms with Gasteiger partial charge in [0.25, 0.3) is 0 Å². The molecule has 0 amide bonds. The number of pyridine rings is 1. The number of rotatable bonds is 9. The monoisotopic (exact) mass is 536 g/mol. The molecular formula is C32H42ClFN4. The third-order valence-corrected chi connectivity index (χ3v) is 6.58. The average molecular weight is 537 g/mol. The number of fused-ring (bicyclic) bond motifs is 1. The molecule has 1 aliphatic rings. The van der Waals surface area contributed by atoms with Crippen LogP contribution in [0.5, 0.6) is 0 Å². The Hall–Kier alpha value is -3.15. The van der Waals surface area contributed by atoms with Crippen LogP contribution in [-0.2, 0) is 0 Å². The molecule has 1 N–H and O–H groups in total. The second kappa shape index (κ2) is 16.6. The first-order chi connectivity index (χ1) is 18.4. The van der Waals surface area contributed by atoms with E-state index in [1.807, 2.05) is 13.1 Å². The van der Waals surface area contributed by atoms with Crippen molar-refractivity contribution in [3.05, 3.63) is 91.2 Å². The fourth-order valence-electron chi connectivity index (χ4n) is 4.11. The zero-order chi connectivity index (χ0) is 27.9. The number of likely N-dealkylation sites (N-methyl/N-ethyl adjacent to an activating group) is 1. The SMILES string of the molecule is C=C(CCCCF)N1CCN(C)CC1.C=Cc1ccc2ccc(-c3ccc(C(=C)NC)cc3)nc2c1.CCl. The van der Waals surface area contributed by atoms with Gasteiger partial charge in [-0.05, 0) is 49.6 Å². The molecule has 0 aliphatic carbocycles. The number of allylic oxidation sites excluding steroid dienone is 1. The minimum absolute atomic E-state index is 0.198. The Morgan fingerprint density at radius 2 is 1.66 bits per heavy atom. The fourth-order valence-corrected chi connectivity index (χ4v) is 4.11. The van der Waals surface area contributed by atoms with Gasteiger partial charge in [-0.15, -0.1) is 11.6 Å². The van der Waals surface area contributed by atoms with Crippen LogP contribution in [-0.4, -0.2) is 68.1 Å². The zero-order valence-corrected chi connectivity index (χ0v) is 23.9. The Kier molecular flexibility index (Phi) is 13.6. The van der Waals surface area contributed by atoms with Crippen LogP contribution in [0.4, 0.5) is 4.39 Å². The molecule has 0 saturated carbocycles. The quantitative estimate of drug-likeness (QED) is 0.227. The molecule has 38 heavy (non-hydrogen) atoms. The molecule has 1 aromatic heterocycles. The van der Waals surface area contributed by atoms with Crippen molar-refractivity contribution in [2.75, 3.05) is 53.3 Å². The first-order valence-corrected chi connectivity index (χ1v) is 13.8. The summed E-state index contributed by atoms with van der Waals surface area (Å²) in [5.74, 6) is 0. The molecule has 204 valence electrons. The number of halogens is 2. The molecule has 0 unspecified atom stereocenters. The molecule has 0 atom stereocenters. The van der Waals surface area contributed by atoms with Crippen molar-refractivity contribution in [1.82, 2.24) is 20.1 Å². The summed E-state index contributed by atoms with van der Waals surface area (Å²) in [7, 11) is 4.02. The highest BCUT2D eigenvalue weighted by atomic mass is 35.5. The number of nitrogens with zero attached hydrogens (tertiary/aromatic N) is 3. The summed E-state index contributed by atoms with van der Waals surface area (Å²) >= 11 is 4.64. The molecule has 6 heteroatoms. The lowest BCUT2D eigenvalue weighted by Gasteiger charge is -2.35. The van der Waals surface area contributed by atoms with Crippen LogP contribution in [0.2, 0.25) is 0 Å². The number of unbranched alkanes of at least 4 members (excludes halogenated alkanes) is 1. The topological polar surface area (TPSA) is 31.4 Å². The van der Waals surface area contributed by atoms with E-state index in [4.69, 9.17) is 4.98 Å². The molecule has 1 fully saturated rings. The third-order valence-electron chi connectivity index (χ3n) is 6.58. The number of nitrogens with one attached hydrogen (secondary N) is 1. The standard InChI is InChI=1S/C20H18N2.C11H21FN2.CH3Cl/c1-4-15-5-6-18-11-12-19(22-20(18)13-15)17-9-7-16(8-10-17)14(2)21-3;1-11(5-3-4-6-12)14-9-7-13(2)8-10-14;1-2/h4-13,21H,1-2H2,3H3;1,3-10H2,2H3;1H3. The number of piperazine rings is 1. The summed E-state index contributed by atoms with van der Waals surface area (Å²) in [5.41, 5.74) is 7.31. The molecule has 3 aromatic rings. The number of aromatic nitrogens is 1. The fraction of sp³-hybridized carbons (Fsp3) is 0.344. The minimum Gasteiger partial charge on any atom is -0.388 e. The highest BCUT2D eigenvalue weighted by Gasteiger charge is 2.14. The van der Waals surface area contributed by atoms with Gasteiger partial charge in [-0.1, -0.05) is 68.3 Å². The molecule has 1 saturated heterocycles. The van der Waals surface area contributed by atoms with Gasteiger partial charge in [-0.3, -0.25) is 4.39 Å². The summed E-state index contributed by atoms with van der Waals surface area (Å²) in [5, 5.41) is 4.19. The van der Waals surface area contributed by atoms with Gasteiger partial charge in [-0.25, -0.2) is 4.98 Å². The number of hydrogen-bond donors (Lipinski definition) is 1. The third kappa shape index (κ3) is 9.30. The van der Waals surface area contributed by atoms with Crippen LogP contribution >= 0.6 is 11.6 Å². The van der Waals surface area contributed by atoms with E-state index in [-0.39, 0.29) is 6.67 Å². The lowest BCUT2D eigenvalue weighted by molar-refractivity contribution is 0.182. The molecule has 2 heterocycles. The van der Waals surface area contributed by atoms with Crippen LogP contribution in [0.25, 0.3) is 33.9 Å². The summed E-state index contributed by atoms with van der Waals surface area (Å²) in [6.07, 6.45) is 5.87. The molecule has 0 radical (unpaired) electrons.